The molecule has 0 spiro atoms. The van der Waals surface area contributed by atoms with Crippen LogP contribution in [0, 0.1) is 0 Å². The van der Waals surface area contributed by atoms with Crippen molar-refractivity contribution < 1.29 is 29.9 Å². The molecule has 4 unspecified atom stereocenters. The van der Waals surface area contributed by atoms with Crippen LogP contribution in [0.15, 0.2) is 24.3 Å². The van der Waals surface area contributed by atoms with E-state index in [9.17, 15) is 20.4 Å². The van der Waals surface area contributed by atoms with E-state index in [1.807, 2.05) is 0 Å². The van der Waals surface area contributed by atoms with E-state index in [4.69, 9.17) is 9.47 Å². The maximum Gasteiger partial charge on any atom is 0.228 e. The van der Waals surface area contributed by atoms with Gasteiger partial charge >= 0.3 is 0 Å². The van der Waals surface area contributed by atoms with E-state index in [1.165, 1.54) is 0 Å². The van der Waals surface area contributed by atoms with E-state index in [-0.39, 0.29) is 11.5 Å². The second kappa shape index (κ2) is 3.83. The zero-order valence-electron chi connectivity index (χ0n) is 10.2. The number of benzene rings is 2. The fraction of sp³-hybridized carbons (Fsp3) is 0.286. The van der Waals surface area contributed by atoms with Crippen LogP contribution in [-0.4, -0.2) is 33.0 Å². The van der Waals surface area contributed by atoms with Gasteiger partial charge in [0.15, 0.2) is 11.5 Å². The lowest BCUT2D eigenvalue weighted by molar-refractivity contribution is -0.0914. The average Bonchev–Trinajstić information content (AvgIpc) is 2.90. The van der Waals surface area contributed by atoms with E-state index < -0.39 is 24.8 Å². The molecule has 4 N–H and O–H groups in total. The summed E-state index contributed by atoms with van der Waals surface area (Å²) in [7, 11) is 0. The molecule has 0 amide bonds. The molecule has 2 aliphatic heterocycles. The van der Waals surface area contributed by atoms with E-state index in [2.05, 4.69) is 0 Å². The van der Waals surface area contributed by atoms with Crippen LogP contribution < -0.4 is 9.47 Å². The lowest BCUT2D eigenvalue weighted by atomic mass is 9.94. The van der Waals surface area contributed by atoms with E-state index in [0.29, 0.717) is 21.9 Å². The summed E-state index contributed by atoms with van der Waals surface area (Å²) in [4.78, 5) is 0. The van der Waals surface area contributed by atoms with Crippen LogP contribution in [0.3, 0.4) is 0 Å². The predicted octanol–water partition coefficient (Wildman–Crippen LogP) is 0.328. The minimum absolute atomic E-state index is 0.175. The molecule has 4 atom stereocenters. The van der Waals surface area contributed by atoms with Gasteiger partial charge in [-0.15, -0.1) is 0 Å². The monoisotopic (exact) mass is 276 g/mol. The van der Waals surface area contributed by atoms with Crippen molar-refractivity contribution in [2.75, 3.05) is 0 Å². The van der Waals surface area contributed by atoms with Crippen LogP contribution in [0.2, 0.25) is 0 Å². The first kappa shape index (κ1) is 11.9. The number of hydrogen-bond donors (Lipinski definition) is 4. The van der Waals surface area contributed by atoms with Gasteiger partial charge in [-0.05, 0) is 10.8 Å². The number of aliphatic hydroxyl groups is 4. The Hall–Kier alpha value is -1.86. The van der Waals surface area contributed by atoms with Crippen molar-refractivity contribution in [2.45, 2.75) is 24.8 Å². The van der Waals surface area contributed by atoms with Crippen molar-refractivity contribution in [2.24, 2.45) is 0 Å². The van der Waals surface area contributed by atoms with Gasteiger partial charge in [0.1, 0.15) is 12.2 Å². The normalized spacial score (nSPS) is 30.8. The Morgan fingerprint density at radius 3 is 1.50 bits per heavy atom. The molecule has 0 aliphatic carbocycles. The maximum absolute atomic E-state index is 10.1. The van der Waals surface area contributed by atoms with Crippen molar-refractivity contribution in [3.05, 3.63) is 35.4 Å². The predicted molar refractivity (Wildman–Crippen MR) is 67.1 cm³/mol. The Kier molecular flexibility index (Phi) is 2.28. The molecule has 2 aromatic rings. The molecule has 2 aliphatic rings. The summed E-state index contributed by atoms with van der Waals surface area (Å²) < 4.78 is 10.5. The molecule has 0 radical (unpaired) electrons. The zero-order chi connectivity index (χ0) is 14.0. The smallest absolute Gasteiger partial charge is 0.228 e. The molecule has 2 heterocycles. The number of aliphatic hydroxyl groups excluding tert-OH is 4. The average molecular weight is 276 g/mol. The molecular formula is C14H12O6. The molecule has 0 fully saturated rings. The Morgan fingerprint density at radius 1 is 0.700 bits per heavy atom. The summed E-state index contributed by atoms with van der Waals surface area (Å²) in [6.07, 6.45) is -5.17. The molecule has 0 aromatic heterocycles. The Labute approximate surface area is 113 Å². The van der Waals surface area contributed by atoms with Gasteiger partial charge < -0.3 is 29.9 Å². The van der Waals surface area contributed by atoms with Crippen LogP contribution in [-0.2, 0) is 0 Å². The maximum atomic E-state index is 10.1. The summed E-state index contributed by atoms with van der Waals surface area (Å²) in [6.45, 7) is 0. The molecule has 104 valence electrons. The Morgan fingerprint density at radius 2 is 1.10 bits per heavy atom. The summed E-state index contributed by atoms with van der Waals surface area (Å²) in [6, 6.07) is 7.09. The number of hydrogen-bond acceptors (Lipinski definition) is 6. The van der Waals surface area contributed by atoms with Gasteiger partial charge in [0.2, 0.25) is 12.6 Å². The van der Waals surface area contributed by atoms with E-state index in [1.54, 1.807) is 24.3 Å². The first-order valence-corrected chi connectivity index (χ1v) is 6.23. The molecule has 6 nitrogen and oxygen atoms in total. The quantitative estimate of drug-likeness (QED) is 0.553. The highest BCUT2D eigenvalue weighted by atomic mass is 16.7. The Balaban J connectivity index is 2.14. The summed E-state index contributed by atoms with van der Waals surface area (Å²) in [5.41, 5.74) is 0.821. The van der Waals surface area contributed by atoms with Crippen LogP contribution in [0.4, 0.5) is 0 Å². The van der Waals surface area contributed by atoms with Gasteiger partial charge in [0, 0.05) is 11.1 Å². The lowest BCUT2D eigenvalue weighted by Crippen LogP contribution is -2.18. The van der Waals surface area contributed by atoms with Gasteiger partial charge in [-0.2, -0.15) is 0 Å². The molecule has 0 bridgehead atoms. The fourth-order valence-corrected chi connectivity index (χ4v) is 2.92. The molecular weight excluding hydrogens is 264 g/mol. The first-order chi connectivity index (χ1) is 9.59. The highest BCUT2D eigenvalue weighted by molar-refractivity contribution is 5.95. The molecule has 4 rings (SSSR count). The van der Waals surface area contributed by atoms with Crippen LogP contribution in [0.25, 0.3) is 10.8 Å². The van der Waals surface area contributed by atoms with Crippen LogP contribution in [0.1, 0.15) is 23.3 Å². The second-order valence-corrected chi connectivity index (χ2v) is 4.94. The Bertz CT molecular complexity index is 652. The SMILES string of the molecule is OC1Oc2c3c(c4ccccc4c2C1O)C(O)C(O)O3. The third-order valence-electron chi connectivity index (χ3n) is 3.81. The van der Waals surface area contributed by atoms with Gasteiger partial charge in [-0.25, -0.2) is 0 Å². The molecule has 0 saturated heterocycles. The van der Waals surface area contributed by atoms with Crippen molar-refractivity contribution >= 4 is 10.8 Å². The third kappa shape index (κ3) is 1.31. The number of fused-ring (bicyclic) bond motifs is 6. The third-order valence-corrected chi connectivity index (χ3v) is 3.81. The minimum atomic E-state index is -1.39. The lowest BCUT2D eigenvalue weighted by Gasteiger charge is -2.11. The van der Waals surface area contributed by atoms with E-state index >= 15 is 0 Å². The number of rotatable bonds is 0. The standard InChI is InChI=1S/C14H12O6/c15-9-7-5-3-1-2-4-6(5)8-10(16)14(18)20-12(8)11(7)19-13(9)17/h1-4,9-10,13-18H. The van der Waals surface area contributed by atoms with Crippen molar-refractivity contribution in [3.63, 3.8) is 0 Å². The molecule has 2 aromatic carbocycles. The molecule has 6 heteroatoms. The fourth-order valence-electron chi connectivity index (χ4n) is 2.92. The minimum Gasteiger partial charge on any atom is -0.458 e. The van der Waals surface area contributed by atoms with Crippen molar-refractivity contribution in [1.82, 2.24) is 0 Å². The van der Waals surface area contributed by atoms with Gasteiger partial charge in [0.25, 0.3) is 0 Å². The topological polar surface area (TPSA) is 99.4 Å². The molecule has 20 heavy (non-hydrogen) atoms. The first-order valence-electron chi connectivity index (χ1n) is 6.23. The number of ether oxygens (including phenoxy) is 2. The van der Waals surface area contributed by atoms with Crippen LogP contribution >= 0.6 is 0 Å². The molecule has 0 saturated carbocycles. The largest absolute Gasteiger partial charge is 0.458 e. The van der Waals surface area contributed by atoms with Gasteiger partial charge in [-0.3, -0.25) is 0 Å². The second-order valence-electron chi connectivity index (χ2n) is 4.94. The highest BCUT2D eigenvalue weighted by Gasteiger charge is 2.43. The summed E-state index contributed by atoms with van der Waals surface area (Å²) in [5, 5.41) is 40.8. The summed E-state index contributed by atoms with van der Waals surface area (Å²) >= 11 is 0. The zero-order valence-corrected chi connectivity index (χ0v) is 10.2. The van der Waals surface area contributed by atoms with Crippen LogP contribution in [0.5, 0.6) is 11.5 Å². The van der Waals surface area contributed by atoms with Gasteiger partial charge in [-0.1, -0.05) is 24.3 Å². The van der Waals surface area contributed by atoms with Crippen molar-refractivity contribution in [1.29, 1.82) is 0 Å². The van der Waals surface area contributed by atoms with E-state index in [0.717, 1.165) is 0 Å². The summed E-state index contributed by atoms with van der Waals surface area (Å²) in [5.74, 6) is 0.351. The van der Waals surface area contributed by atoms with Gasteiger partial charge in [0.05, 0.1) is 0 Å². The van der Waals surface area contributed by atoms with Crippen molar-refractivity contribution in [3.8, 4) is 11.5 Å². The highest BCUT2D eigenvalue weighted by Crippen LogP contribution is 2.54.